The molecule has 6 nitrogen and oxygen atoms in total. The van der Waals surface area contributed by atoms with Crippen molar-refractivity contribution < 1.29 is 14.3 Å². The number of anilines is 3. The molecule has 0 aliphatic rings. The van der Waals surface area contributed by atoms with Crippen LogP contribution in [0.4, 0.5) is 16.5 Å². The van der Waals surface area contributed by atoms with Crippen LogP contribution in [0.1, 0.15) is 17.3 Å². The van der Waals surface area contributed by atoms with Gasteiger partial charge in [0, 0.05) is 29.2 Å². The lowest BCUT2D eigenvalue weighted by molar-refractivity contribution is -0.114. The zero-order valence-electron chi connectivity index (χ0n) is 14.3. The molecule has 0 spiro atoms. The van der Waals surface area contributed by atoms with Crippen LogP contribution < -0.4 is 10.6 Å². The van der Waals surface area contributed by atoms with Crippen molar-refractivity contribution in [3.8, 4) is 11.3 Å². The molecule has 0 unspecified atom stereocenters. The topological polar surface area (TPSA) is 80.3 Å². The van der Waals surface area contributed by atoms with Crippen molar-refractivity contribution in [3.63, 3.8) is 0 Å². The van der Waals surface area contributed by atoms with E-state index >= 15 is 0 Å². The molecule has 26 heavy (non-hydrogen) atoms. The number of aromatic nitrogens is 1. The molecule has 3 rings (SSSR count). The monoisotopic (exact) mass is 367 g/mol. The summed E-state index contributed by atoms with van der Waals surface area (Å²) in [6, 6.07) is 14.5. The van der Waals surface area contributed by atoms with Crippen LogP contribution in [-0.2, 0) is 9.53 Å². The molecule has 0 atom stereocenters. The number of nitrogens with zero attached hydrogens (tertiary/aromatic N) is 1. The van der Waals surface area contributed by atoms with Crippen molar-refractivity contribution in [3.05, 3.63) is 59.5 Å². The average Bonchev–Trinajstić information content (AvgIpc) is 3.09. The second-order valence-electron chi connectivity index (χ2n) is 5.50. The second kappa shape index (κ2) is 7.79. The van der Waals surface area contributed by atoms with E-state index in [0.29, 0.717) is 10.7 Å². The van der Waals surface area contributed by atoms with Gasteiger partial charge < -0.3 is 15.4 Å². The number of methoxy groups -OCH3 is 1. The van der Waals surface area contributed by atoms with Crippen molar-refractivity contribution in [2.75, 3.05) is 17.7 Å². The summed E-state index contributed by atoms with van der Waals surface area (Å²) in [6.07, 6.45) is 0. The van der Waals surface area contributed by atoms with Gasteiger partial charge in [0.05, 0.1) is 18.4 Å². The van der Waals surface area contributed by atoms with E-state index in [1.807, 2.05) is 35.7 Å². The van der Waals surface area contributed by atoms with Crippen LogP contribution in [0.15, 0.2) is 53.9 Å². The van der Waals surface area contributed by atoms with E-state index in [1.165, 1.54) is 25.4 Å². The van der Waals surface area contributed by atoms with E-state index in [1.54, 1.807) is 18.2 Å². The highest BCUT2D eigenvalue weighted by atomic mass is 32.1. The van der Waals surface area contributed by atoms with Gasteiger partial charge in [0.15, 0.2) is 5.13 Å². The normalized spacial score (nSPS) is 10.2. The molecular formula is C19H17N3O3S. The smallest absolute Gasteiger partial charge is 0.337 e. The molecule has 2 N–H and O–H groups in total. The third-order valence-electron chi connectivity index (χ3n) is 3.52. The number of esters is 1. The van der Waals surface area contributed by atoms with Crippen molar-refractivity contribution in [2.24, 2.45) is 0 Å². The molecule has 0 aliphatic carbocycles. The highest BCUT2D eigenvalue weighted by Crippen LogP contribution is 2.28. The third-order valence-corrected chi connectivity index (χ3v) is 4.28. The first-order chi connectivity index (χ1) is 12.5. The Labute approximate surface area is 154 Å². The van der Waals surface area contributed by atoms with Crippen molar-refractivity contribution >= 4 is 39.7 Å². The Bertz CT molecular complexity index is 952. The summed E-state index contributed by atoms with van der Waals surface area (Å²) in [4.78, 5) is 27.4. The predicted octanol–water partition coefficient (Wildman–Crippen LogP) is 4.30. The minimum absolute atomic E-state index is 0.117. The maximum atomic E-state index is 11.6. The summed E-state index contributed by atoms with van der Waals surface area (Å²) in [5.74, 6) is -0.503. The van der Waals surface area contributed by atoms with Gasteiger partial charge >= 0.3 is 5.97 Å². The first-order valence-corrected chi connectivity index (χ1v) is 8.72. The zero-order chi connectivity index (χ0) is 18.5. The zero-order valence-corrected chi connectivity index (χ0v) is 15.1. The van der Waals surface area contributed by atoms with Crippen LogP contribution >= 0.6 is 11.3 Å². The number of carbonyl (C=O) groups excluding carboxylic acids is 2. The Balaban J connectivity index is 1.78. The Morgan fingerprint density at radius 2 is 1.85 bits per heavy atom. The SMILES string of the molecule is COC(=O)c1cccc(Nc2nc(-c3cccc(NC(C)=O)c3)cs2)c1. The molecule has 2 aromatic carbocycles. The molecule has 1 amide bonds. The fourth-order valence-electron chi connectivity index (χ4n) is 2.39. The molecule has 0 radical (unpaired) electrons. The number of carbonyl (C=O) groups is 2. The molecule has 0 saturated heterocycles. The second-order valence-corrected chi connectivity index (χ2v) is 6.36. The van der Waals surface area contributed by atoms with Crippen LogP contribution in [0.2, 0.25) is 0 Å². The molecule has 1 heterocycles. The summed E-state index contributed by atoms with van der Waals surface area (Å²) in [7, 11) is 1.35. The minimum Gasteiger partial charge on any atom is -0.465 e. The van der Waals surface area contributed by atoms with E-state index < -0.39 is 0 Å². The van der Waals surface area contributed by atoms with Crippen LogP contribution in [-0.4, -0.2) is 24.0 Å². The van der Waals surface area contributed by atoms with E-state index in [9.17, 15) is 9.59 Å². The summed E-state index contributed by atoms with van der Waals surface area (Å²) in [5.41, 5.74) is 3.65. The average molecular weight is 367 g/mol. The van der Waals surface area contributed by atoms with Crippen LogP contribution in [0.3, 0.4) is 0 Å². The van der Waals surface area contributed by atoms with E-state index in [-0.39, 0.29) is 11.9 Å². The van der Waals surface area contributed by atoms with Gasteiger partial charge in [0.25, 0.3) is 0 Å². The predicted molar refractivity (Wildman–Crippen MR) is 103 cm³/mol. The highest BCUT2D eigenvalue weighted by molar-refractivity contribution is 7.14. The molecule has 0 aliphatic heterocycles. The summed E-state index contributed by atoms with van der Waals surface area (Å²) in [5, 5.41) is 8.58. The fraction of sp³-hybridized carbons (Fsp3) is 0.105. The number of ether oxygens (including phenoxy) is 1. The standard InChI is InChI=1S/C19H17N3O3S/c1-12(23)20-15-7-3-5-13(9-15)17-11-26-19(22-17)21-16-8-4-6-14(10-16)18(24)25-2/h3-11H,1-2H3,(H,20,23)(H,21,22). The summed E-state index contributed by atoms with van der Waals surface area (Å²) in [6.45, 7) is 1.47. The van der Waals surface area contributed by atoms with Crippen molar-refractivity contribution in [1.82, 2.24) is 4.98 Å². The summed E-state index contributed by atoms with van der Waals surface area (Å²) >= 11 is 1.45. The first kappa shape index (κ1) is 17.6. The molecule has 0 saturated carbocycles. The lowest BCUT2D eigenvalue weighted by Gasteiger charge is -2.05. The Morgan fingerprint density at radius 3 is 2.62 bits per heavy atom. The Kier molecular flexibility index (Phi) is 5.28. The first-order valence-electron chi connectivity index (χ1n) is 7.84. The number of thiazole rings is 1. The number of nitrogens with one attached hydrogen (secondary N) is 2. The van der Waals surface area contributed by atoms with Crippen molar-refractivity contribution in [2.45, 2.75) is 6.92 Å². The van der Waals surface area contributed by atoms with Gasteiger partial charge in [-0.15, -0.1) is 11.3 Å². The number of hydrogen-bond donors (Lipinski definition) is 2. The molecule has 0 bridgehead atoms. The minimum atomic E-state index is -0.386. The van der Waals surface area contributed by atoms with Gasteiger partial charge in [0.2, 0.25) is 5.91 Å². The fourth-order valence-corrected chi connectivity index (χ4v) is 3.13. The molecular weight excluding hydrogens is 350 g/mol. The highest BCUT2D eigenvalue weighted by Gasteiger charge is 2.09. The molecule has 3 aromatic rings. The van der Waals surface area contributed by atoms with E-state index in [0.717, 1.165) is 22.6 Å². The van der Waals surface area contributed by atoms with Gasteiger partial charge in [-0.05, 0) is 30.3 Å². The van der Waals surface area contributed by atoms with E-state index in [4.69, 9.17) is 4.74 Å². The number of hydrogen-bond acceptors (Lipinski definition) is 6. The maximum absolute atomic E-state index is 11.6. The Hall–Kier alpha value is -3.19. The van der Waals surface area contributed by atoms with Crippen LogP contribution in [0, 0.1) is 0 Å². The van der Waals surface area contributed by atoms with Crippen LogP contribution in [0.25, 0.3) is 11.3 Å². The number of amides is 1. The van der Waals surface area contributed by atoms with Gasteiger partial charge in [-0.2, -0.15) is 0 Å². The lowest BCUT2D eigenvalue weighted by atomic mass is 10.1. The van der Waals surface area contributed by atoms with Gasteiger partial charge in [-0.3, -0.25) is 4.79 Å². The maximum Gasteiger partial charge on any atom is 0.337 e. The Morgan fingerprint density at radius 1 is 1.08 bits per heavy atom. The van der Waals surface area contributed by atoms with Gasteiger partial charge in [0.1, 0.15) is 0 Å². The van der Waals surface area contributed by atoms with Gasteiger partial charge in [-0.25, -0.2) is 9.78 Å². The lowest BCUT2D eigenvalue weighted by Crippen LogP contribution is -2.05. The molecule has 0 fully saturated rings. The molecule has 7 heteroatoms. The van der Waals surface area contributed by atoms with Gasteiger partial charge in [-0.1, -0.05) is 18.2 Å². The quantitative estimate of drug-likeness (QED) is 0.657. The summed E-state index contributed by atoms with van der Waals surface area (Å²) < 4.78 is 4.73. The van der Waals surface area contributed by atoms with Crippen LogP contribution in [0.5, 0.6) is 0 Å². The van der Waals surface area contributed by atoms with Crippen molar-refractivity contribution in [1.29, 1.82) is 0 Å². The van der Waals surface area contributed by atoms with E-state index in [2.05, 4.69) is 15.6 Å². The number of rotatable bonds is 5. The number of benzene rings is 2. The molecule has 132 valence electrons. The molecule has 1 aromatic heterocycles. The largest absolute Gasteiger partial charge is 0.465 e. The third kappa shape index (κ3) is 4.25.